The number of nitrogens with zero attached hydrogens (tertiary/aromatic N) is 7. The average Bonchev–Trinajstić information content (AvgIpc) is 3.82. The number of halogens is 4. The summed E-state index contributed by atoms with van der Waals surface area (Å²) < 4.78 is 68.9. The van der Waals surface area contributed by atoms with Gasteiger partial charge in [-0.2, -0.15) is 15.1 Å². The Morgan fingerprint density at radius 3 is 2.65 bits per heavy atom. The van der Waals surface area contributed by atoms with Crippen LogP contribution in [0.3, 0.4) is 0 Å². The molecule has 0 unspecified atom stereocenters. The minimum atomic E-state index is -0.952. The van der Waals surface area contributed by atoms with Gasteiger partial charge in [0.2, 0.25) is 0 Å². The molecule has 9 nitrogen and oxygen atoms in total. The quantitative estimate of drug-likeness (QED) is 0.167. The second-order valence-corrected chi connectivity index (χ2v) is 14.5. The molecule has 3 aromatic carbocycles. The minimum absolute atomic E-state index is 0.00107. The molecule has 51 heavy (non-hydrogen) atoms. The summed E-state index contributed by atoms with van der Waals surface area (Å²) in [7, 11) is 1.72. The van der Waals surface area contributed by atoms with Crippen molar-refractivity contribution in [1.82, 2.24) is 29.5 Å². The molecule has 2 bridgehead atoms. The van der Waals surface area contributed by atoms with E-state index in [1.165, 1.54) is 24.3 Å². The van der Waals surface area contributed by atoms with E-state index >= 15 is 8.78 Å². The topological polar surface area (TPSA) is 82.8 Å². The van der Waals surface area contributed by atoms with Gasteiger partial charge in [0.1, 0.15) is 47.9 Å². The van der Waals surface area contributed by atoms with Crippen LogP contribution in [0.15, 0.2) is 30.5 Å². The third-order valence-electron chi connectivity index (χ3n) is 11.6. The number of aromatic hydroxyl groups is 1. The molecule has 13 heteroatoms. The summed E-state index contributed by atoms with van der Waals surface area (Å²) >= 11 is 0. The smallest absolute Gasteiger partial charge is 0.319 e. The van der Waals surface area contributed by atoms with E-state index in [0.717, 1.165) is 32.2 Å². The number of fused-ring (bicyclic) bond motifs is 7. The highest BCUT2D eigenvalue weighted by atomic mass is 19.1. The fourth-order valence-electron chi connectivity index (χ4n) is 9.49. The molecule has 0 amide bonds. The Labute approximate surface area is 291 Å². The maximum Gasteiger partial charge on any atom is 0.319 e. The molecule has 4 aliphatic rings. The number of piperazine rings is 1. The zero-order valence-corrected chi connectivity index (χ0v) is 28.2. The first-order chi connectivity index (χ1) is 24.7. The Morgan fingerprint density at radius 1 is 1.08 bits per heavy atom. The van der Waals surface area contributed by atoms with Gasteiger partial charge in [-0.05, 0) is 61.4 Å². The van der Waals surface area contributed by atoms with Gasteiger partial charge in [-0.15, -0.1) is 6.42 Å². The lowest BCUT2D eigenvalue weighted by Crippen LogP contribution is -2.54. The number of hydrogen-bond donors (Lipinski definition) is 1. The number of aryl methyl sites for hydroxylation is 1. The number of hydrogen-bond acceptors (Lipinski definition) is 8. The molecule has 4 atom stereocenters. The second-order valence-electron chi connectivity index (χ2n) is 14.5. The number of phenolic OH excluding ortho intramolecular Hbond substituents is 1. The molecular weight excluding hydrogens is 662 g/mol. The van der Waals surface area contributed by atoms with Gasteiger partial charge in [0.25, 0.3) is 0 Å². The van der Waals surface area contributed by atoms with Gasteiger partial charge < -0.3 is 14.7 Å². The molecular formula is C38H37F4N7O2. The highest BCUT2D eigenvalue weighted by Crippen LogP contribution is 2.46. The average molecular weight is 700 g/mol. The number of benzene rings is 3. The number of terminal acetylenes is 1. The Balaban J connectivity index is 1.28. The van der Waals surface area contributed by atoms with Crippen LogP contribution in [-0.4, -0.2) is 104 Å². The van der Waals surface area contributed by atoms with Crippen molar-refractivity contribution in [3.63, 3.8) is 0 Å². The van der Waals surface area contributed by atoms with Crippen LogP contribution in [0.4, 0.5) is 23.4 Å². The second kappa shape index (κ2) is 12.0. The van der Waals surface area contributed by atoms with Gasteiger partial charge in [0, 0.05) is 74.3 Å². The van der Waals surface area contributed by atoms with Gasteiger partial charge in [-0.1, -0.05) is 12.0 Å². The molecule has 4 saturated heterocycles. The molecule has 5 aromatic rings. The van der Waals surface area contributed by atoms with E-state index in [1.807, 2.05) is 0 Å². The number of alkyl halides is 2. The lowest BCUT2D eigenvalue weighted by molar-refractivity contribution is 0.107. The molecule has 4 aliphatic heterocycles. The molecule has 0 aliphatic carbocycles. The first-order valence-electron chi connectivity index (χ1n) is 17.6. The highest BCUT2D eigenvalue weighted by molar-refractivity contribution is 6.18. The lowest BCUT2D eigenvalue weighted by atomic mass is 9.91. The van der Waals surface area contributed by atoms with Crippen LogP contribution >= 0.6 is 0 Å². The zero-order chi connectivity index (χ0) is 35.2. The van der Waals surface area contributed by atoms with Crippen molar-refractivity contribution in [3.8, 4) is 35.2 Å². The molecule has 6 heterocycles. The normalized spacial score (nSPS) is 25.0. The van der Waals surface area contributed by atoms with Crippen LogP contribution in [-0.2, 0) is 7.05 Å². The fraction of sp³-hybridized carbons (Fsp3) is 0.447. The van der Waals surface area contributed by atoms with Gasteiger partial charge in [-0.3, -0.25) is 14.5 Å². The summed E-state index contributed by atoms with van der Waals surface area (Å²) in [6, 6.07) is 5.69. The van der Waals surface area contributed by atoms with Crippen LogP contribution in [0.25, 0.3) is 43.7 Å². The van der Waals surface area contributed by atoms with Crippen LogP contribution in [0.1, 0.15) is 37.7 Å². The molecule has 0 saturated carbocycles. The van der Waals surface area contributed by atoms with Gasteiger partial charge in [-0.25, -0.2) is 17.6 Å². The Kier molecular flexibility index (Phi) is 7.56. The summed E-state index contributed by atoms with van der Waals surface area (Å²) in [5, 5.41) is 17.2. The molecule has 0 radical (unpaired) electrons. The van der Waals surface area contributed by atoms with Crippen molar-refractivity contribution in [1.29, 1.82) is 0 Å². The predicted octanol–water partition coefficient (Wildman–Crippen LogP) is 5.88. The largest absolute Gasteiger partial charge is 0.508 e. The van der Waals surface area contributed by atoms with E-state index in [4.69, 9.17) is 21.1 Å². The van der Waals surface area contributed by atoms with Crippen molar-refractivity contribution >= 4 is 38.4 Å². The summed E-state index contributed by atoms with van der Waals surface area (Å²) in [4.78, 5) is 16.1. The van der Waals surface area contributed by atoms with E-state index in [9.17, 15) is 13.9 Å². The summed E-state index contributed by atoms with van der Waals surface area (Å²) in [6.45, 7) is 2.33. The zero-order valence-electron chi connectivity index (χ0n) is 28.2. The maximum absolute atomic E-state index is 17.6. The van der Waals surface area contributed by atoms with Crippen molar-refractivity contribution in [3.05, 3.63) is 47.7 Å². The van der Waals surface area contributed by atoms with Crippen LogP contribution in [0.2, 0.25) is 0 Å². The first kappa shape index (κ1) is 32.3. The number of aromatic nitrogens is 4. The van der Waals surface area contributed by atoms with Crippen LogP contribution in [0.5, 0.6) is 11.8 Å². The summed E-state index contributed by atoms with van der Waals surface area (Å²) in [5.41, 5.74) is -0.150. The number of anilines is 1. The molecule has 9 rings (SSSR count). The summed E-state index contributed by atoms with van der Waals surface area (Å²) in [6.07, 6.45) is 10.5. The Morgan fingerprint density at radius 2 is 1.88 bits per heavy atom. The Bertz CT molecular complexity index is 2260. The van der Waals surface area contributed by atoms with Gasteiger partial charge in [0.15, 0.2) is 5.82 Å². The SMILES string of the molecule is C#Cc1c(F)ccc2cc(O)cc(-c3c(F)c4nc(OC[C@@]56CCCN5C[C@H](F)C6)nc(N5C[C@H]6CC[C@@H](C5)N6CCF)c4c4cn(C)nc34)c12. The predicted molar refractivity (Wildman–Crippen MR) is 187 cm³/mol. The van der Waals surface area contributed by atoms with E-state index in [-0.39, 0.29) is 63.6 Å². The highest BCUT2D eigenvalue weighted by Gasteiger charge is 2.49. The third-order valence-corrected chi connectivity index (χ3v) is 11.6. The number of phenols is 1. The molecule has 0 spiro atoms. The van der Waals surface area contributed by atoms with Crippen molar-refractivity contribution < 1.29 is 27.4 Å². The van der Waals surface area contributed by atoms with E-state index in [2.05, 4.69) is 25.7 Å². The number of ether oxygens (including phenoxy) is 1. The first-order valence-corrected chi connectivity index (χ1v) is 17.6. The van der Waals surface area contributed by atoms with Crippen LogP contribution in [0, 0.1) is 24.0 Å². The van der Waals surface area contributed by atoms with Crippen LogP contribution < -0.4 is 9.64 Å². The van der Waals surface area contributed by atoms with E-state index in [1.54, 1.807) is 17.9 Å². The number of rotatable bonds is 7. The van der Waals surface area contributed by atoms with Gasteiger partial charge in [0.05, 0.1) is 16.5 Å². The molecule has 1 N–H and O–H groups in total. The van der Waals surface area contributed by atoms with E-state index in [0.29, 0.717) is 54.6 Å². The molecule has 264 valence electrons. The van der Waals surface area contributed by atoms with Gasteiger partial charge >= 0.3 is 6.01 Å². The molecule has 4 fully saturated rings. The standard InChI is InChI=1S/C38H37F4N7O2/c1-3-26-29(41)8-5-21-13-25(50)14-27(30(21)26)31-33(42)35-32(28-19-46(2)45-34(28)31)36(47-17-23-6-7-24(18-47)49(23)12-10-39)44-37(43-35)51-20-38-9-4-11-48(38)16-22(40)15-38/h1,5,8,13-14,19,22-24,50H,4,6-7,9-12,15-18,20H2,2H3/t22-,23-,24+,38+/m1/s1. The van der Waals surface area contributed by atoms with Crippen molar-refractivity contribution in [2.75, 3.05) is 50.9 Å². The van der Waals surface area contributed by atoms with Crippen molar-refractivity contribution in [2.45, 2.75) is 55.9 Å². The maximum atomic E-state index is 17.6. The lowest BCUT2D eigenvalue weighted by Gasteiger charge is -2.41. The third kappa shape index (κ3) is 5.01. The summed E-state index contributed by atoms with van der Waals surface area (Å²) in [5.74, 6) is 1.32. The van der Waals surface area contributed by atoms with Crippen molar-refractivity contribution in [2.24, 2.45) is 7.05 Å². The van der Waals surface area contributed by atoms with E-state index < -0.39 is 30.0 Å². The Hall–Kier alpha value is -4.67. The molecule has 2 aromatic heterocycles. The minimum Gasteiger partial charge on any atom is -0.508 e. The monoisotopic (exact) mass is 699 g/mol. The fourth-order valence-corrected chi connectivity index (χ4v) is 9.49.